The SMILES string of the molecule is COCC(=O)N1CCCc2cc(N)ccc21. The van der Waals surface area contributed by atoms with Crippen LogP contribution in [-0.2, 0) is 16.0 Å². The third-order valence-corrected chi connectivity index (χ3v) is 2.79. The van der Waals surface area contributed by atoms with Crippen LogP contribution in [0.5, 0.6) is 0 Å². The fourth-order valence-electron chi connectivity index (χ4n) is 2.08. The minimum Gasteiger partial charge on any atom is -0.399 e. The van der Waals surface area contributed by atoms with E-state index in [9.17, 15) is 4.79 Å². The van der Waals surface area contributed by atoms with Crippen LogP contribution in [0, 0.1) is 0 Å². The molecule has 1 aromatic rings. The summed E-state index contributed by atoms with van der Waals surface area (Å²) in [6.45, 7) is 0.892. The van der Waals surface area contributed by atoms with Crippen molar-refractivity contribution in [3.8, 4) is 0 Å². The zero-order valence-corrected chi connectivity index (χ0v) is 9.40. The standard InChI is InChI=1S/C12H16N2O2/c1-16-8-12(15)14-6-2-3-9-7-10(13)4-5-11(9)14/h4-5,7H,2-3,6,8,13H2,1H3. The van der Waals surface area contributed by atoms with E-state index < -0.39 is 0 Å². The largest absolute Gasteiger partial charge is 0.399 e. The highest BCUT2D eigenvalue weighted by atomic mass is 16.5. The highest BCUT2D eigenvalue weighted by molar-refractivity contribution is 5.95. The topological polar surface area (TPSA) is 55.6 Å². The van der Waals surface area contributed by atoms with Crippen molar-refractivity contribution in [3.63, 3.8) is 0 Å². The summed E-state index contributed by atoms with van der Waals surface area (Å²) in [5.74, 6) is 0.00761. The fourth-order valence-corrected chi connectivity index (χ4v) is 2.08. The van der Waals surface area contributed by atoms with Crippen LogP contribution in [0.1, 0.15) is 12.0 Å². The van der Waals surface area contributed by atoms with Gasteiger partial charge in [-0.3, -0.25) is 4.79 Å². The Morgan fingerprint density at radius 3 is 3.12 bits per heavy atom. The number of hydrogen-bond donors (Lipinski definition) is 1. The van der Waals surface area contributed by atoms with Gasteiger partial charge in [-0.1, -0.05) is 0 Å². The lowest BCUT2D eigenvalue weighted by molar-refractivity contribution is -0.122. The number of fused-ring (bicyclic) bond motifs is 1. The van der Waals surface area contributed by atoms with Crippen molar-refractivity contribution in [1.29, 1.82) is 0 Å². The first-order chi connectivity index (χ1) is 7.72. The smallest absolute Gasteiger partial charge is 0.252 e. The molecule has 1 aliphatic heterocycles. The average molecular weight is 220 g/mol. The van der Waals surface area contributed by atoms with E-state index in [4.69, 9.17) is 10.5 Å². The number of nitrogens with two attached hydrogens (primary N) is 1. The quantitative estimate of drug-likeness (QED) is 0.762. The molecule has 2 N–H and O–H groups in total. The number of ether oxygens (including phenoxy) is 1. The van der Waals surface area contributed by atoms with Gasteiger partial charge in [0.25, 0.3) is 5.91 Å². The summed E-state index contributed by atoms with van der Waals surface area (Å²) in [6, 6.07) is 5.69. The van der Waals surface area contributed by atoms with E-state index in [0.717, 1.165) is 36.3 Å². The Balaban J connectivity index is 2.29. The molecular formula is C12H16N2O2. The van der Waals surface area contributed by atoms with Gasteiger partial charge < -0.3 is 15.4 Å². The Morgan fingerprint density at radius 2 is 2.38 bits per heavy atom. The summed E-state index contributed by atoms with van der Waals surface area (Å²) in [5, 5.41) is 0. The molecule has 4 nitrogen and oxygen atoms in total. The number of nitrogen functional groups attached to an aromatic ring is 1. The fraction of sp³-hybridized carbons (Fsp3) is 0.417. The lowest BCUT2D eigenvalue weighted by Crippen LogP contribution is -2.37. The number of aryl methyl sites for hydroxylation is 1. The van der Waals surface area contributed by atoms with Gasteiger partial charge in [0, 0.05) is 25.0 Å². The average Bonchev–Trinajstić information content (AvgIpc) is 2.28. The molecule has 2 rings (SSSR count). The van der Waals surface area contributed by atoms with Crippen molar-refractivity contribution in [2.75, 3.05) is 30.9 Å². The first-order valence-electron chi connectivity index (χ1n) is 5.40. The number of benzene rings is 1. The lowest BCUT2D eigenvalue weighted by Gasteiger charge is -2.29. The second kappa shape index (κ2) is 4.53. The Hall–Kier alpha value is -1.55. The number of amides is 1. The normalized spacial score (nSPS) is 14.7. The van der Waals surface area contributed by atoms with Crippen LogP contribution in [0.25, 0.3) is 0 Å². The van der Waals surface area contributed by atoms with Crippen molar-refractivity contribution in [3.05, 3.63) is 23.8 Å². The molecule has 0 bridgehead atoms. The maximum absolute atomic E-state index is 11.8. The minimum absolute atomic E-state index is 0.00761. The summed E-state index contributed by atoms with van der Waals surface area (Å²) in [4.78, 5) is 13.6. The Kier molecular flexibility index (Phi) is 3.10. The second-order valence-electron chi connectivity index (χ2n) is 3.97. The van der Waals surface area contributed by atoms with E-state index in [1.807, 2.05) is 18.2 Å². The summed E-state index contributed by atoms with van der Waals surface area (Å²) in [6.07, 6.45) is 1.96. The lowest BCUT2D eigenvalue weighted by atomic mass is 10.0. The Morgan fingerprint density at radius 1 is 1.56 bits per heavy atom. The molecule has 0 saturated heterocycles. The molecule has 0 saturated carbocycles. The second-order valence-corrected chi connectivity index (χ2v) is 3.97. The minimum atomic E-state index is 0.00761. The van der Waals surface area contributed by atoms with Gasteiger partial charge in [-0.05, 0) is 36.6 Å². The van der Waals surface area contributed by atoms with Crippen molar-refractivity contribution in [2.24, 2.45) is 0 Å². The molecule has 0 fully saturated rings. The van der Waals surface area contributed by atoms with Crippen LogP contribution in [-0.4, -0.2) is 26.2 Å². The third kappa shape index (κ3) is 2.02. The molecule has 0 aliphatic carbocycles. The number of nitrogens with zero attached hydrogens (tertiary/aromatic N) is 1. The van der Waals surface area contributed by atoms with Crippen molar-refractivity contribution >= 4 is 17.3 Å². The molecule has 16 heavy (non-hydrogen) atoms. The predicted octanol–water partition coefficient (Wildman–Crippen LogP) is 1.19. The highest BCUT2D eigenvalue weighted by Gasteiger charge is 2.21. The van der Waals surface area contributed by atoms with Crippen LogP contribution in [0.15, 0.2) is 18.2 Å². The Bertz CT molecular complexity index is 404. The summed E-state index contributed by atoms with van der Waals surface area (Å²) in [5.41, 5.74) is 8.61. The first kappa shape index (κ1) is 11.0. The van der Waals surface area contributed by atoms with Crippen molar-refractivity contribution in [1.82, 2.24) is 0 Å². The van der Waals surface area contributed by atoms with Crippen LogP contribution in [0.3, 0.4) is 0 Å². The summed E-state index contributed by atoms with van der Waals surface area (Å²) in [7, 11) is 1.53. The molecule has 0 radical (unpaired) electrons. The summed E-state index contributed by atoms with van der Waals surface area (Å²) >= 11 is 0. The predicted molar refractivity (Wildman–Crippen MR) is 63.4 cm³/mol. The number of rotatable bonds is 2. The number of carbonyl (C=O) groups is 1. The highest BCUT2D eigenvalue weighted by Crippen LogP contribution is 2.28. The molecule has 1 aromatic carbocycles. The molecular weight excluding hydrogens is 204 g/mol. The Labute approximate surface area is 95.0 Å². The molecule has 1 heterocycles. The zero-order valence-electron chi connectivity index (χ0n) is 9.40. The molecule has 0 unspecified atom stereocenters. The first-order valence-corrected chi connectivity index (χ1v) is 5.40. The van der Waals surface area contributed by atoms with Crippen molar-refractivity contribution < 1.29 is 9.53 Å². The molecule has 86 valence electrons. The zero-order chi connectivity index (χ0) is 11.5. The van der Waals surface area contributed by atoms with Crippen LogP contribution in [0.4, 0.5) is 11.4 Å². The van der Waals surface area contributed by atoms with Gasteiger partial charge in [0.05, 0.1) is 0 Å². The van der Waals surface area contributed by atoms with Crippen molar-refractivity contribution in [2.45, 2.75) is 12.8 Å². The van der Waals surface area contributed by atoms with E-state index in [1.165, 1.54) is 7.11 Å². The molecule has 1 amide bonds. The van der Waals surface area contributed by atoms with Gasteiger partial charge in [-0.25, -0.2) is 0 Å². The number of carbonyl (C=O) groups excluding carboxylic acids is 1. The maximum Gasteiger partial charge on any atom is 0.252 e. The number of methoxy groups -OCH3 is 1. The monoisotopic (exact) mass is 220 g/mol. The van der Waals surface area contributed by atoms with E-state index >= 15 is 0 Å². The van der Waals surface area contributed by atoms with Crippen LogP contribution in [0.2, 0.25) is 0 Å². The molecule has 0 aromatic heterocycles. The van der Waals surface area contributed by atoms with Gasteiger partial charge in [0.1, 0.15) is 6.61 Å². The number of hydrogen-bond acceptors (Lipinski definition) is 3. The molecule has 1 aliphatic rings. The van der Waals surface area contributed by atoms with Crippen LogP contribution >= 0.6 is 0 Å². The summed E-state index contributed by atoms with van der Waals surface area (Å²) < 4.78 is 4.88. The molecule has 0 spiro atoms. The third-order valence-electron chi connectivity index (χ3n) is 2.79. The van der Waals surface area contributed by atoms with Gasteiger partial charge in [0.15, 0.2) is 0 Å². The van der Waals surface area contributed by atoms with E-state index in [0.29, 0.717) is 0 Å². The van der Waals surface area contributed by atoms with Gasteiger partial charge in [-0.2, -0.15) is 0 Å². The van der Waals surface area contributed by atoms with E-state index in [1.54, 1.807) is 4.90 Å². The number of anilines is 2. The van der Waals surface area contributed by atoms with Gasteiger partial charge >= 0.3 is 0 Å². The molecule has 4 heteroatoms. The molecule has 0 atom stereocenters. The van der Waals surface area contributed by atoms with Gasteiger partial charge in [-0.15, -0.1) is 0 Å². The van der Waals surface area contributed by atoms with Crippen LogP contribution < -0.4 is 10.6 Å². The van der Waals surface area contributed by atoms with E-state index in [-0.39, 0.29) is 12.5 Å². The van der Waals surface area contributed by atoms with Gasteiger partial charge in [0.2, 0.25) is 0 Å². The van der Waals surface area contributed by atoms with E-state index in [2.05, 4.69) is 0 Å². The maximum atomic E-state index is 11.8.